The summed E-state index contributed by atoms with van der Waals surface area (Å²) in [6, 6.07) is 10.4. The fourth-order valence-corrected chi connectivity index (χ4v) is 3.31. The van der Waals surface area contributed by atoms with E-state index in [0.29, 0.717) is 12.1 Å². The van der Waals surface area contributed by atoms with Crippen LogP contribution >= 0.6 is 0 Å². The van der Waals surface area contributed by atoms with Crippen molar-refractivity contribution in [3.8, 4) is 11.5 Å². The maximum absolute atomic E-state index is 13.8. The van der Waals surface area contributed by atoms with Gasteiger partial charge >= 0.3 is 18.3 Å². The second-order valence-corrected chi connectivity index (χ2v) is 8.03. The molecule has 0 radical (unpaired) electrons. The Hall–Kier alpha value is -3.55. The summed E-state index contributed by atoms with van der Waals surface area (Å²) >= 11 is 0. The Morgan fingerprint density at radius 2 is 1.50 bits per heavy atom. The number of alkyl halides is 10. The highest BCUT2D eigenvalue weighted by Gasteiger charge is 2.58. The summed E-state index contributed by atoms with van der Waals surface area (Å²) in [5.41, 5.74) is -2.25. The molecule has 0 saturated heterocycles. The van der Waals surface area contributed by atoms with E-state index < -0.39 is 55.2 Å². The number of nitrogens with zero attached hydrogens (tertiary/aromatic N) is 2. The summed E-state index contributed by atoms with van der Waals surface area (Å²) in [6.07, 6.45) is -15.7. The Bertz CT molecular complexity index is 1230. The summed E-state index contributed by atoms with van der Waals surface area (Å²) in [4.78, 5) is 4.37. The summed E-state index contributed by atoms with van der Waals surface area (Å²) < 4.78 is 137. The van der Waals surface area contributed by atoms with Gasteiger partial charge in [0.15, 0.2) is 6.10 Å². The fourth-order valence-electron chi connectivity index (χ4n) is 3.31. The minimum absolute atomic E-state index is 0.0298. The second-order valence-electron chi connectivity index (χ2n) is 8.03. The van der Waals surface area contributed by atoms with E-state index in [1.165, 1.54) is 30.3 Å². The third-order valence-corrected chi connectivity index (χ3v) is 5.18. The first-order valence-corrected chi connectivity index (χ1v) is 10.6. The zero-order valence-electron chi connectivity index (χ0n) is 18.9. The quantitative estimate of drug-likeness (QED) is 0.279. The number of rotatable bonds is 9. The van der Waals surface area contributed by atoms with Crippen molar-refractivity contribution in [2.24, 2.45) is 0 Å². The number of aliphatic hydroxyl groups is 1. The first-order chi connectivity index (χ1) is 17.6. The van der Waals surface area contributed by atoms with Crippen LogP contribution in [0.2, 0.25) is 0 Å². The SMILES string of the molecule is O[C@H](CN(Cc1cccc(C(F)(F)C(F)(F)F)c1)c1cccc(Oc2ccnc(C(F)F)c2)c1)C(F)(F)F. The molecular formula is C24H18F10N2O2. The molecule has 0 spiro atoms. The van der Waals surface area contributed by atoms with Crippen molar-refractivity contribution in [2.75, 3.05) is 11.4 Å². The second kappa shape index (κ2) is 11.1. The normalized spacial score (nSPS) is 13.5. The van der Waals surface area contributed by atoms with Crippen molar-refractivity contribution < 1.29 is 53.7 Å². The van der Waals surface area contributed by atoms with E-state index in [0.717, 1.165) is 29.3 Å². The van der Waals surface area contributed by atoms with Crippen LogP contribution in [-0.4, -0.2) is 35.1 Å². The van der Waals surface area contributed by atoms with Crippen LogP contribution in [-0.2, 0) is 12.5 Å². The number of aromatic nitrogens is 1. The molecule has 3 rings (SSSR count). The molecule has 0 bridgehead atoms. The number of pyridine rings is 1. The summed E-state index contributed by atoms with van der Waals surface area (Å²) in [6.45, 7) is -1.72. The number of anilines is 1. The zero-order chi connectivity index (χ0) is 28.3. The molecule has 206 valence electrons. The molecule has 0 saturated carbocycles. The van der Waals surface area contributed by atoms with Gasteiger partial charge in [-0.05, 0) is 29.8 Å². The summed E-state index contributed by atoms with van der Waals surface area (Å²) in [5, 5.41) is 9.63. The lowest BCUT2D eigenvalue weighted by Crippen LogP contribution is -2.41. The van der Waals surface area contributed by atoms with Gasteiger partial charge in [0.2, 0.25) is 0 Å². The number of hydrogen-bond acceptors (Lipinski definition) is 4. The van der Waals surface area contributed by atoms with Crippen molar-refractivity contribution in [3.63, 3.8) is 0 Å². The largest absolute Gasteiger partial charge is 0.458 e. The number of aliphatic hydroxyl groups excluding tert-OH is 1. The molecule has 14 heteroatoms. The van der Waals surface area contributed by atoms with Crippen LogP contribution in [0.25, 0.3) is 0 Å². The van der Waals surface area contributed by atoms with Gasteiger partial charge in [0.1, 0.15) is 17.2 Å². The van der Waals surface area contributed by atoms with Crippen molar-refractivity contribution in [2.45, 2.75) is 37.3 Å². The van der Waals surface area contributed by atoms with E-state index in [2.05, 4.69) is 4.98 Å². The molecule has 1 heterocycles. The maximum Gasteiger partial charge on any atom is 0.458 e. The van der Waals surface area contributed by atoms with E-state index in [-0.39, 0.29) is 22.7 Å². The molecule has 0 fully saturated rings. The molecular weight excluding hydrogens is 538 g/mol. The highest BCUT2D eigenvalue weighted by molar-refractivity contribution is 5.52. The van der Waals surface area contributed by atoms with Gasteiger partial charge < -0.3 is 14.7 Å². The van der Waals surface area contributed by atoms with Gasteiger partial charge in [0, 0.05) is 36.1 Å². The van der Waals surface area contributed by atoms with Crippen LogP contribution in [0.5, 0.6) is 11.5 Å². The van der Waals surface area contributed by atoms with Crippen LogP contribution < -0.4 is 9.64 Å². The van der Waals surface area contributed by atoms with Crippen molar-refractivity contribution in [1.29, 1.82) is 0 Å². The van der Waals surface area contributed by atoms with E-state index in [1.807, 2.05) is 0 Å². The van der Waals surface area contributed by atoms with E-state index in [4.69, 9.17) is 4.74 Å². The van der Waals surface area contributed by atoms with Crippen LogP contribution in [0.4, 0.5) is 49.6 Å². The van der Waals surface area contributed by atoms with E-state index in [1.54, 1.807) is 0 Å². The Morgan fingerprint density at radius 3 is 2.13 bits per heavy atom. The van der Waals surface area contributed by atoms with Crippen LogP contribution in [0.15, 0.2) is 66.9 Å². The fraction of sp³-hybridized carbons (Fsp3) is 0.292. The molecule has 4 nitrogen and oxygen atoms in total. The average molecular weight is 556 g/mol. The predicted molar refractivity (Wildman–Crippen MR) is 115 cm³/mol. The predicted octanol–water partition coefficient (Wildman–Crippen LogP) is 7.40. The molecule has 1 atom stereocenters. The Balaban J connectivity index is 1.94. The first-order valence-electron chi connectivity index (χ1n) is 10.6. The molecule has 38 heavy (non-hydrogen) atoms. The summed E-state index contributed by atoms with van der Waals surface area (Å²) in [5.74, 6) is -5.32. The Labute approximate surface area is 209 Å². The van der Waals surface area contributed by atoms with Gasteiger partial charge in [-0.1, -0.05) is 24.3 Å². The minimum atomic E-state index is -5.90. The third kappa shape index (κ3) is 7.05. The first kappa shape index (κ1) is 29.0. The van der Waals surface area contributed by atoms with E-state index in [9.17, 15) is 49.0 Å². The van der Waals surface area contributed by atoms with Crippen molar-refractivity contribution in [3.05, 3.63) is 83.7 Å². The molecule has 0 aliphatic carbocycles. The lowest BCUT2D eigenvalue weighted by atomic mass is 10.0. The maximum atomic E-state index is 13.8. The van der Waals surface area contributed by atoms with Crippen molar-refractivity contribution in [1.82, 2.24) is 4.98 Å². The smallest absolute Gasteiger partial charge is 0.457 e. The van der Waals surface area contributed by atoms with Gasteiger partial charge in [-0.25, -0.2) is 8.78 Å². The number of benzene rings is 2. The third-order valence-electron chi connectivity index (χ3n) is 5.18. The molecule has 1 N–H and O–H groups in total. The number of ether oxygens (including phenoxy) is 1. The molecule has 0 unspecified atom stereocenters. The van der Waals surface area contributed by atoms with Gasteiger partial charge in [-0.2, -0.15) is 35.1 Å². The Morgan fingerprint density at radius 1 is 0.842 bits per heavy atom. The molecule has 2 aromatic carbocycles. The average Bonchev–Trinajstić information content (AvgIpc) is 2.83. The highest BCUT2D eigenvalue weighted by atomic mass is 19.4. The zero-order valence-corrected chi connectivity index (χ0v) is 18.9. The molecule has 1 aromatic heterocycles. The minimum Gasteiger partial charge on any atom is -0.457 e. The molecule has 3 aromatic rings. The Kier molecular flexibility index (Phi) is 8.44. The number of hydrogen-bond donors (Lipinski definition) is 1. The number of halogens is 10. The van der Waals surface area contributed by atoms with Crippen LogP contribution in [0.1, 0.15) is 23.2 Å². The monoisotopic (exact) mass is 556 g/mol. The van der Waals surface area contributed by atoms with Gasteiger partial charge in [-0.3, -0.25) is 4.98 Å². The standard InChI is InChI=1S/C24H18F10N2O2/c25-21(26)19-11-18(7-8-35-19)38-17-6-2-5-16(10-17)36(13-20(37)23(29,30)31)12-14-3-1-4-15(9-14)22(27,28)24(32,33)34/h1-11,20-21,37H,12-13H2/t20-/m1/s1. The van der Waals surface area contributed by atoms with Crippen LogP contribution in [0.3, 0.4) is 0 Å². The lowest BCUT2D eigenvalue weighted by molar-refractivity contribution is -0.289. The highest BCUT2D eigenvalue weighted by Crippen LogP contribution is 2.44. The van der Waals surface area contributed by atoms with Gasteiger partial charge in [0.05, 0.1) is 6.54 Å². The van der Waals surface area contributed by atoms with Gasteiger partial charge in [0.25, 0.3) is 6.43 Å². The molecule has 0 amide bonds. The van der Waals surface area contributed by atoms with Crippen LogP contribution in [0, 0.1) is 0 Å². The van der Waals surface area contributed by atoms with Gasteiger partial charge in [-0.15, -0.1) is 0 Å². The molecule has 0 aliphatic rings. The molecule has 0 aliphatic heterocycles. The summed E-state index contributed by atoms with van der Waals surface area (Å²) in [7, 11) is 0. The topological polar surface area (TPSA) is 45.6 Å². The lowest BCUT2D eigenvalue weighted by Gasteiger charge is -2.29. The van der Waals surface area contributed by atoms with Crippen molar-refractivity contribution >= 4 is 5.69 Å². The van der Waals surface area contributed by atoms with E-state index >= 15 is 0 Å².